The van der Waals surface area contributed by atoms with Crippen molar-refractivity contribution >= 4 is 11.5 Å². The Labute approximate surface area is 114 Å². The lowest BCUT2D eigenvalue weighted by Gasteiger charge is -2.24. The molecule has 0 radical (unpaired) electrons. The van der Waals surface area contributed by atoms with Crippen LogP contribution in [-0.2, 0) is 0 Å². The second kappa shape index (κ2) is 5.33. The molecule has 3 rings (SSSR count). The lowest BCUT2D eigenvalue weighted by Crippen LogP contribution is -2.27. The van der Waals surface area contributed by atoms with E-state index in [9.17, 15) is 0 Å². The van der Waals surface area contributed by atoms with Gasteiger partial charge in [-0.3, -0.25) is 0 Å². The number of hydrogen-bond donors (Lipinski definition) is 2. The predicted molar refractivity (Wildman–Crippen MR) is 77.2 cm³/mol. The van der Waals surface area contributed by atoms with E-state index in [2.05, 4.69) is 26.5 Å². The minimum Gasteiger partial charge on any atom is -0.372 e. The van der Waals surface area contributed by atoms with E-state index in [-0.39, 0.29) is 0 Å². The minimum atomic E-state index is 0.600. The lowest BCUT2D eigenvalue weighted by molar-refractivity contribution is 0.438. The Kier molecular flexibility index (Phi) is 3.55. The minimum absolute atomic E-state index is 0.600. The van der Waals surface area contributed by atoms with E-state index in [1.54, 1.807) is 6.20 Å². The highest BCUT2D eigenvalue weighted by molar-refractivity contribution is 5.52. The molecule has 2 aliphatic rings. The van der Waals surface area contributed by atoms with Gasteiger partial charge in [0.1, 0.15) is 0 Å². The normalized spacial score (nSPS) is 28.6. The van der Waals surface area contributed by atoms with Crippen molar-refractivity contribution in [2.24, 2.45) is 17.6 Å². The van der Waals surface area contributed by atoms with Crippen molar-refractivity contribution in [3.63, 3.8) is 0 Å². The molecule has 5 nitrogen and oxygen atoms in total. The Morgan fingerprint density at radius 2 is 2.32 bits per heavy atom. The van der Waals surface area contributed by atoms with Crippen molar-refractivity contribution in [3.8, 4) is 0 Å². The van der Waals surface area contributed by atoms with Gasteiger partial charge in [-0.15, -0.1) is 5.10 Å². The van der Waals surface area contributed by atoms with Crippen LogP contribution in [0.25, 0.3) is 0 Å². The Bertz CT molecular complexity index is 436. The number of hydrogen-bond acceptors (Lipinski definition) is 5. The van der Waals surface area contributed by atoms with Crippen LogP contribution >= 0.6 is 0 Å². The Balaban J connectivity index is 1.66. The van der Waals surface area contributed by atoms with Crippen LogP contribution in [0.3, 0.4) is 0 Å². The van der Waals surface area contributed by atoms with Gasteiger partial charge in [0.25, 0.3) is 0 Å². The maximum absolute atomic E-state index is 5.58. The molecule has 104 valence electrons. The topological polar surface area (TPSA) is 67.1 Å². The third kappa shape index (κ3) is 2.66. The first kappa shape index (κ1) is 12.7. The summed E-state index contributed by atoms with van der Waals surface area (Å²) in [5, 5.41) is 11.9. The molecule has 0 aliphatic heterocycles. The van der Waals surface area contributed by atoms with Gasteiger partial charge < -0.3 is 16.0 Å². The van der Waals surface area contributed by atoms with Gasteiger partial charge in [-0.1, -0.05) is 6.42 Å². The first-order valence-electron chi connectivity index (χ1n) is 7.26. The lowest BCUT2D eigenvalue weighted by atomic mass is 9.95. The highest BCUT2D eigenvalue weighted by atomic mass is 15.2. The molecule has 19 heavy (non-hydrogen) atoms. The molecule has 3 atom stereocenters. The van der Waals surface area contributed by atoms with Crippen LogP contribution in [0.15, 0.2) is 12.3 Å². The van der Waals surface area contributed by atoms with E-state index >= 15 is 0 Å². The first-order chi connectivity index (χ1) is 9.26. The van der Waals surface area contributed by atoms with E-state index in [1.807, 2.05) is 7.05 Å². The molecule has 1 aromatic rings. The molecule has 3 N–H and O–H groups in total. The average molecular weight is 261 g/mol. The highest BCUT2D eigenvalue weighted by Gasteiger charge is 2.39. The van der Waals surface area contributed by atoms with E-state index in [0.717, 1.165) is 29.9 Å². The van der Waals surface area contributed by atoms with Gasteiger partial charge in [0, 0.05) is 32.2 Å². The number of rotatable bonds is 5. The van der Waals surface area contributed by atoms with Crippen molar-refractivity contribution in [1.82, 2.24) is 10.2 Å². The highest BCUT2D eigenvalue weighted by Crippen LogP contribution is 2.45. The van der Waals surface area contributed by atoms with Gasteiger partial charge in [0.2, 0.25) is 0 Å². The second-order valence-electron chi connectivity index (χ2n) is 5.93. The van der Waals surface area contributed by atoms with Crippen LogP contribution in [0.1, 0.15) is 25.7 Å². The number of nitrogens with one attached hydrogen (secondary N) is 1. The number of fused-ring (bicyclic) bond motifs is 2. The zero-order valence-electron chi connectivity index (χ0n) is 11.5. The maximum Gasteiger partial charge on any atom is 0.150 e. The van der Waals surface area contributed by atoms with Crippen molar-refractivity contribution in [2.45, 2.75) is 31.7 Å². The summed E-state index contributed by atoms with van der Waals surface area (Å²) in [6.07, 6.45) is 7.30. The summed E-state index contributed by atoms with van der Waals surface area (Å²) in [6, 6.07) is 2.68. The first-order valence-corrected chi connectivity index (χ1v) is 7.26. The average Bonchev–Trinajstić information content (AvgIpc) is 3.02. The summed E-state index contributed by atoms with van der Waals surface area (Å²) >= 11 is 0. The van der Waals surface area contributed by atoms with Crippen molar-refractivity contribution < 1.29 is 0 Å². The SMILES string of the molecule is CN(CCN)c1cnnc(NC2CC3CCC2C3)c1. The van der Waals surface area contributed by atoms with Crippen LogP contribution in [0.5, 0.6) is 0 Å². The van der Waals surface area contributed by atoms with E-state index in [0.29, 0.717) is 12.6 Å². The number of aromatic nitrogens is 2. The summed E-state index contributed by atoms with van der Waals surface area (Å²) in [4.78, 5) is 2.11. The van der Waals surface area contributed by atoms with Gasteiger partial charge in [0.05, 0.1) is 11.9 Å². The monoisotopic (exact) mass is 261 g/mol. The molecule has 2 saturated carbocycles. The van der Waals surface area contributed by atoms with E-state index < -0.39 is 0 Å². The Morgan fingerprint density at radius 3 is 3.00 bits per heavy atom. The summed E-state index contributed by atoms with van der Waals surface area (Å²) in [6.45, 7) is 1.48. The largest absolute Gasteiger partial charge is 0.372 e. The molecule has 0 spiro atoms. The van der Waals surface area contributed by atoms with Crippen molar-refractivity contribution in [2.75, 3.05) is 30.4 Å². The molecule has 2 fully saturated rings. The van der Waals surface area contributed by atoms with Gasteiger partial charge >= 0.3 is 0 Å². The molecule has 5 heteroatoms. The third-order valence-electron chi connectivity index (χ3n) is 4.62. The molecule has 1 aromatic heterocycles. The molecule has 0 aromatic carbocycles. The Morgan fingerprint density at radius 1 is 1.42 bits per heavy atom. The third-order valence-corrected chi connectivity index (χ3v) is 4.62. The number of likely N-dealkylation sites (N-methyl/N-ethyl adjacent to an activating group) is 1. The van der Waals surface area contributed by atoms with E-state index in [1.165, 1.54) is 25.7 Å². The molecule has 0 saturated heterocycles. The van der Waals surface area contributed by atoms with Gasteiger partial charge in [-0.25, -0.2) is 0 Å². The fourth-order valence-corrected chi connectivity index (χ4v) is 3.57. The number of nitrogens with two attached hydrogens (primary N) is 1. The smallest absolute Gasteiger partial charge is 0.150 e. The molecular weight excluding hydrogens is 238 g/mol. The quantitative estimate of drug-likeness (QED) is 0.840. The van der Waals surface area contributed by atoms with Crippen LogP contribution in [-0.4, -0.2) is 36.4 Å². The summed E-state index contributed by atoms with van der Waals surface area (Å²) in [7, 11) is 2.03. The van der Waals surface area contributed by atoms with Crippen LogP contribution in [0, 0.1) is 11.8 Å². The zero-order valence-corrected chi connectivity index (χ0v) is 11.5. The molecule has 0 amide bonds. The summed E-state index contributed by atoms with van der Waals surface area (Å²) in [5.74, 6) is 2.69. The van der Waals surface area contributed by atoms with E-state index in [4.69, 9.17) is 5.73 Å². The van der Waals surface area contributed by atoms with Crippen molar-refractivity contribution in [1.29, 1.82) is 0 Å². The second-order valence-corrected chi connectivity index (χ2v) is 5.93. The van der Waals surface area contributed by atoms with Crippen LogP contribution in [0.2, 0.25) is 0 Å². The van der Waals surface area contributed by atoms with Crippen LogP contribution < -0.4 is 16.0 Å². The fraction of sp³-hybridized carbons (Fsp3) is 0.714. The predicted octanol–water partition coefficient (Wildman–Crippen LogP) is 1.47. The van der Waals surface area contributed by atoms with Gasteiger partial charge in [0.15, 0.2) is 5.82 Å². The zero-order chi connectivity index (χ0) is 13.2. The fourth-order valence-electron chi connectivity index (χ4n) is 3.57. The summed E-state index contributed by atoms with van der Waals surface area (Å²) in [5.41, 5.74) is 6.66. The number of nitrogens with zero attached hydrogens (tertiary/aromatic N) is 3. The molecule has 3 unspecified atom stereocenters. The van der Waals surface area contributed by atoms with Gasteiger partial charge in [-0.05, 0) is 31.1 Å². The summed E-state index contributed by atoms with van der Waals surface area (Å²) < 4.78 is 0. The molecule has 1 heterocycles. The van der Waals surface area contributed by atoms with Crippen molar-refractivity contribution in [3.05, 3.63) is 12.3 Å². The molecule has 2 bridgehead atoms. The number of anilines is 2. The van der Waals surface area contributed by atoms with Crippen LogP contribution in [0.4, 0.5) is 11.5 Å². The Hall–Kier alpha value is -1.36. The molecular formula is C14H23N5. The molecule has 2 aliphatic carbocycles. The van der Waals surface area contributed by atoms with Gasteiger partial charge in [-0.2, -0.15) is 5.10 Å². The standard InChI is InChI=1S/C14H23N5/c1-19(5-4-15)12-8-14(18-16-9-12)17-13-7-10-2-3-11(13)6-10/h8-11,13H,2-7,15H2,1H3,(H,17,18). The maximum atomic E-state index is 5.58.